The number of nitrogens with one attached hydrogen (secondary N) is 1. The zero-order valence-electron chi connectivity index (χ0n) is 16.0. The van der Waals surface area contributed by atoms with Crippen molar-refractivity contribution >= 4 is 17.7 Å². The maximum Gasteiger partial charge on any atom is 0.266 e. The van der Waals surface area contributed by atoms with Crippen LogP contribution in [-0.4, -0.2) is 15.6 Å². The number of amides is 1. The predicted molar refractivity (Wildman–Crippen MR) is 110 cm³/mol. The fraction of sp³-hybridized carbons (Fsp3) is 0.0870. The Kier molecular flexibility index (Phi) is 5.48. The van der Waals surface area contributed by atoms with Gasteiger partial charge < -0.3 is 15.0 Å². The van der Waals surface area contributed by atoms with Crippen LogP contribution in [0.25, 0.3) is 11.8 Å². The highest BCUT2D eigenvalue weighted by Crippen LogP contribution is 2.23. The van der Waals surface area contributed by atoms with Gasteiger partial charge in [-0.05, 0) is 80.1 Å². The number of aromatic hydroxyl groups is 1. The number of nitrogens with zero attached hydrogens (tertiary/aromatic N) is 3. The van der Waals surface area contributed by atoms with Crippen molar-refractivity contribution in [3.05, 3.63) is 82.7 Å². The van der Waals surface area contributed by atoms with Crippen molar-refractivity contribution in [1.29, 1.82) is 10.5 Å². The predicted octanol–water partition coefficient (Wildman–Crippen LogP) is 4.22. The second-order valence-corrected chi connectivity index (χ2v) is 6.49. The summed E-state index contributed by atoms with van der Waals surface area (Å²) in [5.74, 6) is -0.435. The minimum atomic E-state index is -0.527. The van der Waals surface area contributed by atoms with Gasteiger partial charge in [-0.2, -0.15) is 10.5 Å². The smallest absolute Gasteiger partial charge is 0.266 e. The number of hydrogen-bond acceptors (Lipinski definition) is 4. The van der Waals surface area contributed by atoms with Gasteiger partial charge in [-0.25, -0.2) is 0 Å². The third kappa shape index (κ3) is 4.18. The zero-order valence-corrected chi connectivity index (χ0v) is 16.0. The Morgan fingerprint density at radius 3 is 2.31 bits per heavy atom. The first-order chi connectivity index (χ1) is 13.9. The van der Waals surface area contributed by atoms with E-state index in [0.29, 0.717) is 11.3 Å². The lowest BCUT2D eigenvalue weighted by Gasteiger charge is -2.09. The fourth-order valence-electron chi connectivity index (χ4n) is 3.06. The van der Waals surface area contributed by atoms with Gasteiger partial charge in [0.05, 0.1) is 11.6 Å². The van der Waals surface area contributed by atoms with Crippen molar-refractivity contribution in [2.75, 3.05) is 5.32 Å². The first kappa shape index (κ1) is 19.5. The molecule has 0 aliphatic carbocycles. The van der Waals surface area contributed by atoms with E-state index >= 15 is 0 Å². The van der Waals surface area contributed by atoms with Gasteiger partial charge in [0.15, 0.2) is 0 Å². The first-order valence-corrected chi connectivity index (χ1v) is 8.84. The largest absolute Gasteiger partial charge is 0.508 e. The summed E-state index contributed by atoms with van der Waals surface area (Å²) < 4.78 is 2.00. The van der Waals surface area contributed by atoms with Crippen molar-refractivity contribution in [3.63, 3.8) is 0 Å². The number of nitriles is 2. The molecule has 6 heteroatoms. The summed E-state index contributed by atoms with van der Waals surface area (Å²) in [5.41, 5.74) is 4.49. The molecule has 0 unspecified atom stereocenters. The van der Waals surface area contributed by atoms with Crippen molar-refractivity contribution in [3.8, 4) is 23.6 Å². The van der Waals surface area contributed by atoms with Crippen LogP contribution in [0.1, 0.15) is 22.5 Å². The molecule has 0 atom stereocenters. The summed E-state index contributed by atoms with van der Waals surface area (Å²) in [4.78, 5) is 12.5. The lowest BCUT2D eigenvalue weighted by molar-refractivity contribution is -0.112. The summed E-state index contributed by atoms with van der Waals surface area (Å²) in [5, 5.41) is 30.4. The molecule has 29 heavy (non-hydrogen) atoms. The lowest BCUT2D eigenvalue weighted by Crippen LogP contribution is -2.13. The van der Waals surface area contributed by atoms with Gasteiger partial charge in [0.1, 0.15) is 17.4 Å². The van der Waals surface area contributed by atoms with Gasteiger partial charge in [-0.3, -0.25) is 4.79 Å². The highest BCUT2D eigenvalue weighted by Gasteiger charge is 2.14. The van der Waals surface area contributed by atoms with Crippen LogP contribution in [-0.2, 0) is 4.79 Å². The molecule has 0 bridgehead atoms. The third-order valence-electron chi connectivity index (χ3n) is 4.51. The summed E-state index contributed by atoms with van der Waals surface area (Å²) >= 11 is 0. The van der Waals surface area contributed by atoms with Crippen LogP contribution < -0.4 is 5.32 Å². The number of rotatable bonds is 4. The third-order valence-corrected chi connectivity index (χ3v) is 4.51. The fourth-order valence-corrected chi connectivity index (χ4v) is 3.06. The monoisotopic (exact) mass is 382 g/mol. The van der Waals surface area contributed by atoms with Crippen molar-refractivity contribution in [2.45, 2.75) is 13.8 Å². The van der Waals surface area contributed by atoms with Gasteiger partial charge in [0.2, 0.25) is 0 Å². The van der Waals surface area contributed by atoms with E-state index in [2.05, 4.69) is 11.4 Å². The van der Waals surface area contributed by atoms with Crippen LogP contribution >= 0.6 is 0 Å². The van der Waals surface area contributed by atoms with Crippen molar-refractivity contribution in [1.82, 2.24) is 4.57 Å². The van der Waals surface area contributed by atoms with Crippen LogP contribution in [0.5, 0.6) is 5.75 Å². The minimum Gasteiger partial charge on any atom is -0.508 e. The molecule has 2 aromatic carbocycles. The van der Waals surface area contributed by atoms with Gasteiger partial charge in [0.25, 0.3) is 5.91 Å². The molecule has 0 aliphatic heterocycles. The van der Waals surface area contributed by atoms with Gasteiger partial charge in [-0.15, -0.1) is 0 Å². The van der Waals surface area contributed by atoms with Gasteiger partial charge in [-0.1, -0.05) is 0 Å². The van der Waals surface area contributed by atoms with E-state index in [1.165, 1.54) is 12.1 Å². The Balaban J connectivity index is 1.91. The minimum absolute atomic E-state index is 0.0295. The molecule has 6 nitrogen and oxygen atoms in total. The Hall–Kier alpha value is -4.29. The van der Waals surface area contributed by atoms with Crippen LogP contribution in [0, 0.1) is 36.5 Å². The van der Waals surface area contributed by atoms with Crippen LogP contribution in [0.4, 0.5) is 5.69 Å². The number of hydrogen-bond donors (Lipinski definition) is 2. The van der Waals surface area contributed by atoms with E-state index in [1.807, 2.05) is 42.7 Å². The number of aromatic nitrogens is 1. The van der Waals surface area contributed by atoms with E-state index in [-0.39, 0.29) is 11.3 Å². The SMILES string of the molecule is Cc1cc(/C=C(/C#N)C(=O)Nc2ccc(O)cc2)c(C)n1-c1ccc(C#N)cc1. The van der Waals surface area contributed by atoms with Crippen LogP contribution in [0.2, 0.25) is 0 Å². The zero-order chi connectivity index (χ0) is 21.0. The second kappa shape index (κ2) is 8.16. The Morgan fingerprint density at radius 2 is 1.72 bits per heavy atom. The van der Waals surface area contributed by atoms with Gasteiger partial charge in [0, 0.05) is 22.8 Å². The van der Waals surface area contributed by atoms with E-state index in [4.69, 9.17) is 5.26 Å². The lowest BCUT2D eigenvalue weighted by atomic mass is 10.1. The summed E-state index contributed by atoms with van der Waals surface area (Å²) in [6.45, 7) is 3.84. The molecule has 0 saturated carbocycles. The molecule has 0 aliphatic rings. The van der Waals surface area contributed by atoms with E-state index < -0.39 is 5.91 Å². The molecule has 1 aromatic heterocycles. The Morgan fingerprint density at radius 1 is 1.07 bits per heavy atom. The highest BCUT2D eigenvalue weighted by atomic mass is 16.3. The molecule has 1 heterocycles. The molecule has 0 radical (unpaired) electrons. The molecular formula is C23H18N4O2. The standard InChI is InChI=1S/C23H18N4O2/c1-15-11-18(16(2)27(15)21-7-3-17(13-24)4-8-21)12-19(14-25)23(29)26-20-5-9-22(28)10-6-20/h3-12,28H,1-2H3,(H,26,29)/b19-12-. The summed E-state index contributed by atoms with van der Waals surface area (Å²) in [6.07, 6.45) is 1.55. The molecular weight excluding hydrogens is 364 g/mol. The van der Waals surface area contributed by atoms with Crippen molar-refractivity contribution < 1.29 is 9.90 Å². The number of carbonyl (C=O) groups excluding carboxylic acids is 1. The average Bonchev–Trinajstić information content (AvgIpc) is 3.00. The Bertz CT molecular complexity index is 1170. The number of aryl methyl sites for hydroxylation is 1. The number of carbonyl (C=O) groups is 1. The molecule has 3 rings (SSSR count). The molecule has 142 valence electrons. The van der Waals surface area contributed by atoms with E-state index in [1.54, 1.807) is 30.3 Å². The van der Waals surface area contributed by atoms with Gasteiger partial charge >= 0.3 is 0 Å². The highest BCUT2D eigenvalue weighted by molar-refractivity contribution is 6.09. The first-order valence-electron chi connectivity index (χ1n) is 8.84. The summed E-state index contributed by atoms with van der Waals surface area (Å²) in [6, 6.07) is 19.2. The maximum atomic E-state index is 12.5. The molecule has 0 saturated heterocycles. The molecule has 0 spiro atoms. The van der Waals surface area contributed by atoms with Crippen LogP contribution in [0.3, 0.4) is 0 Å². The molecule has 3 aromatic rings. The Labute approximate surface area is 168 Å². The van der Waals surface area contributed by atoms with E-state index in [9.17, 15) is 15.2 Å². The van der Waals surface area contributed by atoms with Crippen molar-refractivity contribution in [2.24, 2.45) is 0 Å². The number of phenols is 1. The summed E-state index contributed by atoms with van der Waals surface area (Å²) in [7, 11) is 0. The topological polar surface area (TPSA) is 102 Å². The second-order valence-electron chi connectivity index (χ2n) is 6.49. The maximum absolute atomic E-state index is 12.5. The molecule has 2 N–H and O–H groups in total. The molecule has 1 amide bonds. The number of anilines is 1. The average molecular weight is 382 g/mol. The normalized spacial score (nSPS) is 10.8. The quantitative estimate of drug-likeness (QED) is 0.401. The number of phenolic OH excluding ortho intramolecular Hbond substituents is 1. The number of benzene rings is 2. The van der Waals surface area contributed by atoms with E-state index in [0.717, 1.165) is 22.6 Å². The molecule has 0 fully saturated rings. The van der Waals surface area contributed by atoms with Crippen LogP contribution in [0.15, 0.2) is 60.2 Å².